The number of hydrogen-bond donors (Lipinski definition) is 0. The summed E-state index contributed by atoms with van der Waals surface area (Å²) in [5, 5.41) is 9.67. The molecule has 0 saturated heterocycles. The molecular formula is C36H61NO6. The molecule has 1 aromatic rings. The molecular weight excluding hydrogens is 542 g/mol. The van der Waals surface area contributed by atoms with Gasteiger partial charge < -0.3 is 23.7 Å². The highest BCUT2D eigenvalue weighted by atomic mass is 16.6. The minimum absolute atomic E-state index is 0.188. The fourth-order valence-corrected chi connectivity index (χ4v) is 5.13. The Morgan fingerprint density at radius 2 is 1.16 bits per heavy atom. The van der Waals surface area contributed by atoms with E-state index in [1.165, 1.54) is 63.4 Å². The lowest BCUT2D eigenvalue weighted by atomic mass is 9.84. The maximum atomic E-state index is 12.4. The molecule has 7 heteroatoms. The highest BCUT2D eigenvalue weighted by molar-refractivity contribution is 5.72. The fraction of sp³-hybridized carbons (Fsp3) is 0.778. The molecule has 1 aromatic carbocycles. The van der Waals surface area contributed by atoms with Crippen molar-refractivity contribution in [3.05, 3.63) is 35.9 Å². The molecule has 0 heterocycles. The van der Waals surface area contributed by atoms with Gasteiger partial charge >= 0.3 is 5.97 Å². The summed E-state index contributed by atoms with van der Waals surface area (Å²) in [4.78, 5) is 12.4. The van der Waals surface area contributed by atoms with Crippen LogP contribution in [0.1, 0.15) is 116 Å². The predicted molar refractivity (Wildman–Crippen MR) is 173 cm³/mol. The van der Waals surface area contributed by atoms with Gasteiger partial charge in [-0.2, -0.15) is 5.26 Å². The van der Waals surface area contributed by atoms with Gasteiger partial charge in [0.1, 0.15) is 6.61 Å². The summed E-state index contributed by atoms with van der Waals surface area (Å²) in [6.45, 7) is 10.7. The zero-order valence-corrected chi connectivity index (χ0v) is 27.6. The van der Waals surface area contributed by atoms with Crippen LogP contribution in [0.4, 0.5) is 0 Å². The Morgan fingerprint density at radius 3 is 1.67 bits per heavy atom. The molecule has 0 aliphatic carbocycles. The SMILES string of the molecule is CCCCCCCCCCCCOCCOCCOCCOCCOC(=O)C(C)CC(C#N)CC(CC)c1ccccc1. The van der Waals surface area contributed by atoms with Gasteiger partial charge in [-0.1, -0.05) is 109 Å². The number of carbonyl (C=O) groups excluding carboxylic acids is 1. The molecule has 3 atom stereocenters. The predicted octanol–water partition coefficient (Wildman–Crippen LogP) is 8.27. The van der Waals surface area contributed by atoms with Crippen molar-refractivity contribution in [3.63, 3.8) is 0 Å². The smallest absolute Gasteiger partial charge is 0.308 e. The molecule has 0 aromatic heterocycles. The third kappa shape index (κ3) is 22.2. The molecule has 0 bridgehead atoms. The van der Waals surface area contributed by atoms with Crippen LogP contribution in [-0.4, -0.2) is 65.4 Å². The maximum Gasteiger partial charge on any atom is 0.308 e. The quantitative estimate of drug-likeness (QED) is 0.0646. The van der Waals surface area contributed by atoms with E-state index in [-0.39, 0.29) is 24.4 Å². The van der Waals surface area contributed by atoms with Gasteiger partial charge in [0.15, 0.2) is 0 Å². The largest absolute Gasteiger partial charge is 0.463 e. The number of carbonyl (C=O) groups is 1. The zero-order valence-electron chi connectivity index (χ0n) is 27.6. The first kappa shape index (κ1) is 39.0. The van der Waals surface area contributed by atoms with Crippen molar-refractivity contribution in [2.24, 2.45) is 11.8 Å². The molecule has 0 N–H and O–H groups in total. The van der Waals surface area contributed by atoms with Crippen LogP contribution in [0.5, 0.6) is 0 Å². The summed E-state index contributed by atoms with van der Waals surface area (Å²) in [5.74, 6) is -0.481. The van der Waals surface area contributed by atoms with E-state index in [4.69, 9.17) is 23.7 Å². The van der Waals surface area contributed by atoms with E-state index in [9.17, 15) is 10.1 Å². The van der Waals surface area contributed by atoms with Gasteiger partial charge in [-0.15, -0.1) is 0 Å². The number of unbranched alkanes of at least 4 members (excludes halogenated alkanes) is 9. The van der Waals surface area contributed by atoms with Crippen LogP contribution in [0.2, 0.25) is 0 Å². The monoisotopic (exact) mass is 603 g/mol. The molecule has 0 fully saturated rings. The summed E-state index contributed by atoms with van der Waals surface area (Å²) in [6.07, 6.45) is 15.5. The lowest BCUT2D eigenvalue weighted by molar-refractivity contribution is -0.150. The average Bonchev–Trinajstić information content (AvgIpc) is 3.03. The third-order valence-corrected chi connectivity index (χ3v) is 7.79. The van der Waals surface area contributed by atoms with Gasteiger partial charge in [0.2, 0.25) is 0 Å². The molecule has 7 nitrogen and oxygen atoms in total. The van der Waals surface area contributed by atoms with Crippen molar-refractivity contribution in [2.45, 2.75) is 110 Å². The van der Waals surface area contributed by atoms with Crippen LogP contribution in [-0.2, 0) is 28.5 Å². The molecule has 0 radical (unpaired) electrons. The van der Waals surface area contributed by atoms with Crippen molar-refractivity contribution >= 4 is 5.97 Å². The Morgan fingerprint density at radius 1 is 0.674 bits per heavy atom. The van der Waals surface area contributed by atoms with E-state index in [0.717, 1.165) is 25.9 Å². The molecule has 1 rings (SSSR count). The average molecular weight is 604 g/mol. The maximum absolute atomic E-state index is 12.4. The van der Waals surface area contributed by atoms with Gasteiger partial charge in [0.25, 0.3) is 0 Å². The van der Waals surface area contributed by atoms with Crippen molar-refractivity contribution < 1.29 is 28.5 Å². The van der Waals surface area contributed by atoms with Crippen molar-refractivity contribution in [2.75, 3.05) is 59.5 Å². The minimum Gasteiger partial charge on any atom is -0.463 e. The lowest BCUT2D eigenvalue weighted by Crippen LogP contribution is -2.21. The Kier molecular flexibility index (Phi) is 26.1. The number of nitrogens with zero attached hydrogens (tertiary/aromatic N) is 1. The third-order valence-electron chi connectivity index (χ3n) is 7.79. The minimum atomic E-state index is -0.327. The summed E-state index contributed by atoms with van der Waals surface area (Å²) in [6, 6.07) is 12.7. The molecule has 0 saturated carbocycles. The fourth-order valence-electron chi connectivity index (χ4n) is 5.13. The second kappa shape index (κ2) is 28.8. The van der Waals surface area contributed by atoms with Crippen LogP contribution < -0.4 is 0 Å². The summed E-state index contributed by atoms with van der Waals surface area (Å²) < 4.78 is 27.6. The second-order valence-corrected chi connectivity index (χ2v) is 11.5. The number of esters is 1. The highest BCUT2D eigenvalue weighted by Gasteiger charge is 2.23. The number of benzene rings is 1. The van der Waals surface area contributed by atoms with Gasteiger partial charge in [-0.25, -0.2) is 0 Å². The van der Waals surface area contributed by atoms with Crippen molar-refractivity contribution in [1.82, 2.24) is 0 Å². The van der Waals surface area contributed by atoms with Crippen LogP contribution in [0, 0.1) is 23.2 Å². The molecule has 0 aliphatic rings. The molecule has 3 unspecified atom stereocenters. The van der Waals surface area contributed by atoms with E-state index in [1.54, 1.807) is 0 Å². The molecule has 0 aliphatic heterocycles. The van der Waals surface area contributed by atoms with Crippen LogP contribution in [0.15, 0.2) is 30.3 Å². The number of hydrogen-bond acceptors (Lipinski definition) is 7. The lowest BCUT2D eigenvalue weighted by Gasteiger charge is -2.20. The zero-order chi connectivity index (χ0) is 31.2. The number of nitriles is 1. The number of rotatable bonds is 30. The first-order valence-electron chi connectivity index (χ1n) is 17.0. The summed E-state index contributed by atoms with van der Waals surface area (Å²) in [7, 11) is 0. The van der Waals surface area contributed by atoms with Crippen LogP contribution in [0.3, 0.4) is 0 Å². The normalized spacial score (nSPS) is 13.3. The molecule has 43 heavy (non-hydrogen) atoms. The first-order valence-corrected chi connectivity index (χ1v) is 17.0. The first-order chi connectivity index (χ1) is 21.1. The highest BCUT2D eigenvalue weighted by Crippen LogP contribution is 2.30. The van der Waals surface area contributed by atoms with E-state index in [0.29, 0.717) is 58.6 Å². The van der Waals surface area contributed by atoms with E-state index < -0.39 is 0 Å². The topological polar surface area (TPSA) is 87.0 Å². The molecule has 0 spiro atoms. The molecule has 246 valence electrons. The summed E-state index contributed by atoms with van der Waals surface area (Å²) in [5.41, 5.74) is 1.24. The standard InChI is InChI=1S/C36H61NO6/c1-4-6-7-8-9-10-11-12-13-17-20-39-21-22-40-23-24-41-25-26-42-27-28-43-36(38)32(3)29-33(31-37)30-34(5-2)35-18-15-14-16-19-35/h14-16,18-19,32-34H,4-13,17,20-30H2,1-3H3. The Balaban J connectivity index is 1.89. The van der Waals surface area contributed by atoms with Crippen LogP contribution in [0.25, 0.3) is 0 Å². The van der Waals surface area contributed by atoms with E-state index in [1.807, 2.05) is 25.1 Å². The Bertz CT molecular complexity index is 799. The van der Waals surface area contributed by atoms with E-state index >= 15 is 0 Å². The Hall–Kier alpha value is -1.98. The van der Waals surface area contributed by atoms with E-state index in [2.05, 4.69) is 32.0 Å². The van der Waals surface area contributed by atoms with Crippen molar-refractivity contribution in [1.29, 1.82) is 5.26 Å². The molecule has 0 amide bonds. The van der Waals surface area contributed by atoms with Gasteiger partial charge in [-0.3, -0.25) is 4.79 Å². The van der Waals surface area contributed by atoms with Gasteiger partial charge in [0.05, 0.1) is 58.2 Å². The van der Waals surface area contributed by atoms with Gasteiger partial charge in [0, 0.05) is 12.5 Å². The van der Waals surface area contributed by atoms with Crippen LogP contribution >= 0.6 is 0 Å². The summed E-state index contributed by atoms with van der Waals surface area (Å²) >= 11 is 0. The second-order valence-electron chi connectivity index (χ2n) is 11.5. The number of ether oxygens (including phenoxy) is 5. The Labute approximate surface area is 263 Å². The van der Waals surface area contributed by atoms with Crippen molar-refractivity contribution in [3.8, 4) is 6.07 Å². The van der Waals surface area contributed by atoms with Gasteiger partial charge in [-0.05, 0) is 37.2 Å².